The lowest BCUT2D eigenvalue weighted by atomic mass is 10.0. The van der Waals surface area contributed by atoms with Gasteiger partial charge in [0.25, 0.3) is 0 Å². The van der Waals surface area contributed by atoms with Gasteiger partial charge in [-0.25, -0.2) is 0 Å². The topological polar surface area (TPSA) is 33.1 Å². The predicted octanol–water partition coefficient (Wildman–Crippen LogP) is 2.42. The zero-order valence-electron chi connectivity index (χ0n) is 13.5. The second-order valence-electron chi connectivity index (χ2n) is 6.46. The number of nitrogens with zero attached hydrogens (tertiary/aromatic N) is 3. The molecule has 0 spiro atoms. The summed E-state index contributed by atoms with van der Waals surface area (Å²) in [5, 5.41) is 8.26. The number of aromatic nitrogens is 2. The molecule has 1 atom stereocenters. The Bertz CT molecular complexity index is 411. The summed E-state index contributed by atoms with van der Waals surface area (Å²) >= 11 is 0. The largest absolute Gasteiger partial charge is 0.313 e. The molecule has 4 nitrogen and oxygen atoms in total. The van der Waals surface area contributed by atoms with Crippen LogP contribution in [0.15, 0.2) is 6.07 Å². The summed E-state index contributed by atoms with van der Waals surface area (Å²) in [5.41, 5.74) is 2.49. The van der Waals surface area contributed by atoms with Gasteiger partial charge in [-0.05, 0) is 51.8 Å². The molecule has 2 heterocycles. The first-order valence-corrected chi connectivity index (χ1v) is 8.07. The third-order valence-corrected chi connectivity index (χ3v) is 3.99. The Morgan fingerprint density at radius 1 is 1.45 bits per heavy atom. The Balaban J connectivity index is 1.99. The molecule has 1 N–H and O–H groups in total. The van der Waals surface area contributed by atoms with Gasteiger partial charge in [0.2, 0.25) is 0 Å². The van der Waals surface area contributed by atoms with E-state index in [2.05, 4.69) is 53.8 Å². The molecule has 0 amide bonds. The molecule has 114 valence electrons. The molecule has 2 rings (SSSR count). The number of nitrogens with one attached hydrogen (secondary N) is 1. The van der Waals surface area contributed by atoms with E-state index in [1.54, 1.807) is 0 Å². The van der Waals surface area contributed by atoms with Gasteiger partial charge in [-0.3, -0.25) is 9.58 Å². The van der Waals surface area contributed by atoms with Crippen molar-refractivity contribution in [2.24, 2.45) is 5.92 Å². The van der Waals surface area contributed by atoms with E-state index in [0.717, 1.165) is 37.8 Å². The number of aryl methyl sites for hydroxylation is 2. The van der Waals surface area contributed by atoms with Crippen molar-refractivity contribution in [2.75, 3.05) is 19.6 Å². The minimum atomic E-state index is 0.636. The minimum Gasteiger partial charge on any atom is -0.313 e. The minimum absolute atomic E-state index is 0.636. The zero-order valence-corrected chi connectivity index (χ0v) is 13.5. The van der Waals surface area contributed by atoms with E-state index < -0.39 is 0 Å². The fourth-order valence-electron chi connectivity index (χ4n) is 3.18. The lowest BCUT2D eigenvalue weighted by Crippen LogP contribution is -2.38. The van der Waals surface area contributed by atoms with Crippen LogP contribution >= 0.6 is 0 Å². The maximum absolute atomic E-state index is 4.56. The Morgan fingerprint density at radius 3 is 2.95 bits per heavy atom. The zero-order chi connectivity index (χ0) is 14.5. The van der Waals surface area contributed by atoms with E-state index in [0.29, 0.717) is 6.04 Å². The van der Waals surface area contributed by atoms with Crippen LogP contribution in [0.25, 0.3) is 0 Å². The highest BCUT2D eigenvalue weighted by Crippen LogP contribution is 2.13. The third kappa shape index (κ3) is 4.32. The highest BCUT2D eigenvalue weighted by molar-refractivity contribution is 5.09. The molecule has 0 radical (unpaired) electrons. The van der Waals surface area contributed by atoms with Crippen molar-refractivity contribution in [1.82, 2.24) is 20.0 Å². The molecular weight excluding hydrogens is 248 g/mol. The Kier molecular flexibility index (Phi) is 5.61. The molecule has 0 saturated carbocycles. The normalized spacial score (nSPS) is 21.4. The summed E-state index contributed by atoms with van der Waals surface area (Å²) in [6, 6.07) is 2.87. The Morgan fingerprint density at radius 2 is 2.25 bits per heavy atom. The summed E-state index contributed by atoms with van der Waals surface area (Å²) in [4.78, 5) is 2.59. The van der Waals surface area contributed by atoms with Gasteiger partial charge in [-0.15, -0.1) is 0 Å². The van der Waals surface area contributed by atoms with Crippen LogP contribution in [0.5, 0.6) is 0 Å². The second kappa shape index (κ2) is 7.23. The van der Waals surface area contributed by atoms with Crippen LogP contribution < -0.4 is 5.32 Å². The van der Waals surface area contributed by atoms with Crippen molar-refractivity contribution < 1.29 is 0 Å². The molecule has 0 aromatic carbocycles. The molecule has 1 aromatic rings. The fourth-order valence-corrected chi connectivity index (χ4v) is 3.18. The van der Waals surface area contributed by atoms with E-state index in [1.165, 1.54) is 25.1 Å². The summed E-state index contributed by atoms with van der Waals surface area (Å²) in [7, 11) is 0. The summed E-state index contributed by atoms with van der Waals surface area (Å²) in [6.45, 7) is 14.4. The lowest BCUT2D eigenvalue weighted by molar-refractivity contribution is 0.241. The van der Waals surface area contributed by atoms with E-state index in [1.807, 2.05) is 0 Å². The Hall–Kier alpha value is -0.870. The van der Waals surface area contributed by atoms with Gasteiger partial charge in [-0.1, -0.05) is 13.8 Å². The van der Waals surface area contributed by atoms with Gasteiger partial charge in [0.15, 0.2) is 0 Å². The van der Waals surface area contributed by atoms with Crippen LogP contribution in [-0.4, -0.2) is 40.4 Å². The summed E-state index contributed by atoms with van der Waals surface area (Å²) in [5.74, 6) is 0.760. The van der Waals surface area contributed by atoms with Gasteiger partial charge >= 0.3 is 0 Å². The number of hydrogen-bond acceptors (Lipinski definition) is 3. The molecule has 20 heavy (non-hydrogen) atoms. The summed E-state index contributed by atoms with van der Waals surface area (Å²) < 4.78 is 2.14. The van der Waals surface area contributed by atoms with Crippen LogP contribution in [-0.2, 0) is 13.1 Å². The quantitative estimate of drug-likeness (QED) is 0.898. The molecule has 0 aliphatic carbocycles. The lowest BCUT2D eigenvalue weighted by Gasteiger charge is -2.25. The number of rotatable bonds is 5. The molecule has 0 bridgehead atoms. The number of hydrogen-bond donors (Lipinski definition) is 1. The highest BCUT2D eigenvalue weighted by atomic mass is 15.3. The maximum Gasteiger partial charge on any atom is 0.0597 e. The van der Waals surface area contributed by atoms with Crippen molar-refractivity contribution in [3.05, 3.63) is 17.5 Å². The standard InChI is InChI=1S/C16H30N4/c1-5-20-16(10-14(4)18-20)12-19-8-6-7-17-15(11-19)9-13(2)3/h10,13,15,17H,5-9,11-12H2,1-4H3. The van der Waals surface area contributed by atoms with Gasteiger partial charge < -0.3 is 5.32 Å². The second-order valence-corrected chi connectivity index (χ2v) is 6.46. The Labute approximate surface area is 123 Å². The van der Waals surface area contributed by atoms with Crippen molar-refractivity contribution in [2.45, 2.75) is 59.7 Å². The SMILES string of the molecule is CCn1nc(C)cc1CN1CCCNC(CC(C)C)C1. The smallest absolute Gasteiger partial charge is 0.0597 e. The first-order chi connectivity index (χ1) is 9.58. The maximum atomic E-state index is 4.56. The third-order valence-electron chi connectivity index (χ3n) is 3.99. The van der Waals surface area contributed by atoms with Crippen LogP contribution in [0.2, 0.25) is 0 Å². The average molecular weight is 278 g/mol. The van der Waals surface area contributed by atoms with E-state index >= 15 is 0 Å². The molecule has 1 unspecified atom stereocenters. The first kappa shape index (κ1) is 15.5. The highest BCUT2D eigenvalue weighted by Gasteiger charge is 2.19. The molecule has 1 fully saturated rings. The monoisotopic (exact) mass is 278 g/mol. The van der Waals surface area contributed by atoms with E-state index in [9.17, 15) is 0 Å². The van der Waals surface area contributed by atoms with Crippen molar-refractivity contribution >= 4 is 0 Å². The van der Waals surface area contributed by atoms with E-state index in [4.69, 9.17) is 0 Å². The fraction of sp³-hybridized carbons (Fsp3) is 0.812. The van der Waals surface area contributed by atoms with Crippen molar-refractivity contribution in [1.29, 1.82) is 0 Å². The van der Waals surface area contributed by atoms with Gasteiger partial charge in [0, 0.05) is 25.7 Å². The molecule has 4 heteroatoms. The summed E-state index contributed by atoms with van der Waals surface area (Å²) in [6.07, 6.45) is 2.51. The van der Waals surface area contributed by atoms with Crippen LogP contribution in [0.4, 0.5) is 0 Å². The van der Waals surface area contributed by atoms with Crippen molar-refractivity contribution in [3.8, 4) is 0 Å². The van der Waals surface area contributed by atoms with E-state index in [-0.39, 0.29) is 0 Å². The van der Waals surface area contributed by atoms with Gasteiger partial charge in [0.1, 0.15) is 0 Å². The molecule has 1 saturated heterocycles. The van der Waals surface area contributed by atoms with Crippen molar-refractivity contribution in [3.63, 3.8) is 0 Å². The molecule has 1 aliphatic rings. The van der Waals surface area contributed by atoms with Crippen LogP contribution in [0.3, 0.4) is 0 Å². The molecular formula is C16H30N4. The predicted molar refractivity (Wildman–Crippen MR) is 83.8 cm³/mol. The molecule has 1 aliphatic heterocycles. The first-order valence-electron chi connectivity index (χ1n) is 8.07. The molecule has 1 aromatic heterocycles. The van der Waals surface area contributed by atoms with Gasteiger partial charge in [0.05, 0.1) is 11.4 Å². The van der Waals surface area contributed by atoms with Crippen LogP contribution in [0, 0.1) is 12.8 Å². The average Bonchev–Trinajstić information content (AvgIpc) is 2.58. The van der Waals surface area contributed by atoms with Gasteiger partial charge in [-0.2, -0.15) is 5.10 Å². The van der Waals surface area contributed by atoms with Crippen LogP contribution in [0.1, 0.15) is 45.0 Å².